The molecule has 0 fully saturated rings. The first-order chi connectivity index (χ1) is 13.1. The minimum Gasteiger partial charge on any atom is -0.348 e. The lowest BCUT2D eigenvalue weighted by atomic mass is 10.1. The largest absolute Gasteiger partial charge is 0.405 e. The summed E-state index contributed by atoms with van der Waals surface area (Å²) in [6, 6.07) is 8.61. The summed E-state index contributed by atoms with van der Waals surface area (Å²) in [6.07, 6.45) is -4.48. The summed E-state index contributed by atoms with van der Waals surface area (Å²) in [5.41, 5.74) is 0.419. The van der Waals surface area contributed by atoms with Gasteiger partial charge >= 0.3 is 6.18 Å². The fraction of sp³-hybridized carbons (Fsp3) is 0.278. The number of hydrogen-bond donors (Lipinski definition) is 3. The van der Waals surface area contributed by atoms with Gasteiger partial charge in [0, 0.05) is 23.1 Å². The van der Waals surface area contributed by atoms with E-state index >= 15 is 0 Å². The molecule has 1 aromatic carbocycles. The number of carbonyl (C=O) groups is 3. The van der Waals surface area contributed by atoms with Crippen molar-refractivity contribution in [1.29, 1.82) is 0 Å². The van der Waals surface area contributed by atoms with E-state index in [4.69, 9.17) is 0 Å². The molecule has 0 aliphatic carbocycles. The standard InChI is InChI=1S/C18H18F3N3O3S/c1-11(25)23-14(15-3-2-8-28-15)9-16(26)24-13-6-4-12(5-7-13)17(27)22-10-18(19,20)21/h2-8,14H,9-10H2,1H3,(H,22,27)(H,23,25)(H,24,26). The molecule has 1 atom stereocenters. The molecular weight excluding hydrogens is 395 g/mol. The Morgan fingerprint density at radius 2 is 1.79 bits per heavy atom. The van der Waals surface area contributed by atoms with Crippen molar-refractivity contribution in [2.24, 2.45) is 0 Å². The molecule has 1 heterocycles. The summed E-state index contributed by atoms with van der Waals surface area (Å²) in [7, 11) is 0. The van der Waals surface area contributed by atoms with Crippen molar-refractivity contribution in [2.75, 3.05) is 11.9 Å². The van der Waals surface area contributed by atoms with Gasteiger partial charge in [-0.3, -0.25) is 14.4 Å². The van der Waals surface area contributed by atoms with Crippen LogP contribution < -0.4 is 16.0 Å². The third kappa shape index (κ3) is 7.03. The number of anilines is 1. The van der Waals surface area contributed by atoms with E-state index in [-0.39, 0.29) is 23.8 Å². The highest BCUT2D eigenvalue weighted by Crippen LogP contribution is 2.23. The van der Waals surface area contributed by atoms with Crippen LogP contribution in [0.4, 0.5) is 18.9 Å². The van der Waals surface area contributed by atoms with E-state index in [0.717, 1.165) is 4.88 Å². The Balaban J connectivity index is 1.94. The van der Waals surface area contributed by atoms with Gasteiger partial charge in [0.15, 0.2) is 0 Å². The highest BCUT2D eigenvalue weighted by Gasteiger charge is 2.27. The van der Waals surface area contributed by atoms with E-state index in [1.165, 1.54) is 42.5 Å². The Morgan fingerprint density at radius 1 is 1.11 bits per heavy atom. The third-order valence-corrected chi connectivity index (χ3v) is 4.52. The molecule has 28 heavy (non-hydrogen) atoms. The summed E-state index contributed by atoms with van der Waals surface area (Å²) < 4.78 is 36.4. The van der Waals surface area contributed by atoms with Crippen molar-refractivity contribution < 1.29 is 27.6 Å². The first-order valence-electron chi connectivity index (χ1n) is 8.19. The molecule has 0 bridgehead atoms. The van der Waals surface area contributed by atoms with Gasteiger partial charge in [0.05, 0.1) is 12.5 Å². The molecule has 150 valence electrons. The van der Waals surface area contributed by atoms with E-state index in [9.17, 15) is 27.6 Å². The first-order valence-corrected chi connectivity index (χ1v) is 9.07. The lowest BCUT2D eigenvalue weighted by Crippen LogP contribution is -2.33. The Morgan fingerprint density at radius 3 is 2.32 bits per heavy atom. The minimum absolute atomic E-state index is 0.00785. The van der Waals surface area contributed by atoms with Gasteiger partial charge in [0.2, 0.25) is 11.8 Å². The molecule has 0 saturated heterocycles. The average Bonchev–Trinajstić information content (AvgIpc) is 3.13. The quantitative estimate of drug-likeness (QED) is 0.651. The van der Waals surface area contributed by atoms with Gasteiger partial charge in [-0.15, -0.1) is 11.3 Å². The molecule has 1 aromatic heterocycles. The highest BCUT2D eigenvalue weighted by atomic mass is 32.1. The number of amides is 3. The Labute approximate surface area is 163 Å². The molecule has 0 spiro atoms. The second kappa shape index (κ2) is 9.36. The van der Waals surface area contributed by atoms with Crippen molar-refractivity contribution in [3.05, 3.63) is 52.2 Å². The maximum atomic E-state index is 12.3. The molecule has 2 aromatic rings. The van der Waals surface area contributed by atoms with Crippen molar-refractivity contribution in [3.8, 4) is 0 Å². The van der Waals surface area contributed by atoms with Crippen molar-refractivity contribution in [3.63, 3.8) is 0 Å². The van der Waals surface area contributed by atoms with Gasteiger partial charge in [0.25, 0.3) is 5.91 Å². The second-order valence-corrected chi connectivity index (χ2v) is 6.88. The number of thiophene rings is 1. The first kappa shape index (κ1) is 21.4. The van der Waals surface area contributed by atoms with E-state index in [1.54, 1.807) is 5.32 Å². The molecule has 3 amide bonds. The SMILES string of the molecule is CC(=O)NC(CC(=O)Nc1ccc(C(=O)NCC(F)(F)F)cc1)c1cccs1. The summed E-state index contributed by atoms with van der Waals surface area (Å²) in [4.78, 5) is 36.1. The normalized spacial score (nSPS) is 12.1. The number of nitrogens with one attached hydrogen (secondary N) is 3. The summed E-state index contributed by atoms with van der Waals surface area (Å²) >= 11 is 1.41. The zero-order valence-corrected chi connectivity index (χ0v) is 15.6. The van der Waals surface area contributed by atoms with Crippen molar-refractivity contribution in [2.45, 2.75) is 25.6 Å². The zero-order valence-electron chi connectivity index (χ0n) is 14.8. The van der Waals surface area contributed by atoms with Crippen molar-refractivity contribution >= 4 is 34.7 Å². The van der Waals surface area contributed by atoms with Crippen LogP contribution in [0.3, 0.4) is 0 Å². The number of rotatable bonds is 7. The fourth-order valence-corrected chi connectivity index (χ4v) is 3.12. The lowest BCUT2D eigenvalue weighted by molar-refractivity contribution is -0.123. The molecule has 2 rings (SSSR count). The molecule has 0 radical (unpaired) electrons. The number of benzene rings is 1. The van der Waals surface area contributed by atoms with Crippen LogP contribution in [0.2, 0.25) is 0 Å². The van der Waals surface area contributed by atoms with Crippen LogP contribution in [0.5, 0.6) is 0 Å². The number of carbonyl (C=O) groups excluding carboxylic acids is 3. The molecule has 6 nitrogen and oxygen atoms in total. The van der Waals surface area contributed by atoms with Gasteiger partial charge in [-0.2, -0.15) is 13.2 Å². The van der Waals surface area contributed by atoms with Gasteiger partial charge in [-0.25, -0.2) is 0 Å². The second-order valence-electron chi connectivity index (χ2n) is 5.90. The summed E-state index contributed by atoms with van der Waals surface area (Å²) in [6.45, 7) is -0.0569. The lowest BCUT2D eigenvalue weighted by Gasteiger charge is -2.16. The number of hydrogen-bond acceptors (Lipinski definition) is 4. The van der Waals surface area contributed by atoms with Crippen LogP contribution in [-0.4, -0.2) is 30.4 Å². The van der Waals surface area contributed by atoms with Crippen LogP contribution in [0.25, 0.3) is 0 Å². The van der Waals surface area contributed by atoms with E-state index in [0.29, 0.717) is 5.69 Å². The molecular formula is C18H18F3N3O3S. The predicted octanol–water partition coefficient (Wildman–Crippen LogP) is 3.25. The molecule has 0 saturated carbocycles. The topological polar surface area (TPSA) is 87.3 Å². The third-order valence-electron chi connectivity index (χ3n) is 3.53. The Hall–Kier alpha value is -2.88. The van der Waals surface area contributed by atoms with E-state index in [1.807, 2.05) is 17.5 Å². The molecule has 0 aliphatic heterocycles. The summed E-state index contributed by atoms with van der Waals surface area (Å²) in [5, 5.41) is 8.95. The maximum absolute atomic E-state index is 12.3. The van der Waals surface area contributed by atoms with Crippen LogP contribution in [0.1, 0.15) is 34.6 Å². The monoisotopic (exact) mass is 413 g/mol. The summed E-state index contributed by atoms with van der Waals surface area (Å²) in [5.74, 6) is -1.49. The number of alkyl halides is 3. The Bertz CT molecular complexity index is 821. The van der Waals surface area contributed by atoms with Crippen molar-refractivity contribution in [1.82, 2.24) is 10.6 Å². The fourth-order valence-electron chi connectivity index (χ4n) is 2.34. The van der Waals surface area contributed by atoms with Crippen LogP contribution in [-0.2, 0) is 9.59 Å². The Kier molecular flexibility index (Phi) is 7.16. The average molecular weight is 413 g/mol. The molecule has 3 N–H and O–H groups in total. The minimum atomic E-state index is -4.49. The molecule has 10 heteroatoms. The highest BCUT2D eigenvalue weighted by molar-refractivity contribution is 7.10. The van der Waals surface area contributed by atoms with E-state index in [2.05, 4.69) is 10.6 Å². The van der Waals surface area contributed by atoms with Crippen LogP contribution >= 0.6 is 11.3 Å². The van der Waals surface area contributed by atoms with Gasteiger partial charge in [0.1, 0.15) is 6.54 Å². The van der Waals surface area contributed by atoms with Crippen LogP contribution in [0.15, 0.2) is 41.8 Å². The van der Waals surface area contributed by atoms with E-state index < -0.39 is 24.7 Å². The smallest absolute Gasteiger partial charge is 0.348 e. The molecule has 1 unspecified atom stereocenters. The van der Waals surface area contributed by atoms with Gasteiger partial charge in [-0.1, -0.05) is 6.07 Å². The molecule has 0 aliphatic rings. The maximum Gasteiger partial charge on any atom is 0.405 e. The number of halogens is 3. The predicted molar refractivity (Wildman–Crippen MR) is 99.0 cm³/mol. The van der Waals surface area contributed by atoms with Gasteiger partial charge < -0.3 is 16.0 Å². The van der Waals surface area contributed by atoms with Gasteiger partial charge in [-0.05, 0) is 35.7 Å². The van der Waals surface area contributed by atoms with Crippen LogP contribution in [0, 0.1) is 0 Å². The zero-order chi connectivity index (χ0) is 20.7.